The number of rotatable bonds is 2. The lowest BCUT2D eigenvalue weighted by Gasteiger charge is -1.90. The molecule has 0 unspecified atom stereocenters. The van der Waals surface area contributed by atoms with Gasteiger partial charge in [-0.05, 0) is 17.5 Å². The van der Waals surface area contributed by atoms with Crippen LogP contribution in [0.15, 0.2) is 29.6 Å². The van der Waals surface area contributed by atoms with Gasteiger partial charge in [0.2, 0.25) is 0 Å². The Kier molecular flexibility index (Phi) is 2.50. The minimum Gasteiger partial charge on any atom is -0.423 e. The zero-order chi connectivity index (χ0) is 9.26. The lowest BCUT2D eigenvalue weighted by molar-refractivity contribution is 0.427. The monoisotopic (exact) mass is 210 g/mol. The van der Waals surface area contributed by atoms with Crippen LogP contribution in [0, 0.1) is 0 Å². The molecule has 0 aliphatic carbocycles. The van der Waals surface area contributed by atoms with Crippen molar-refractivity contribution >= 4 is 34.6 Å². The van der Waals surface area contributed by atoms with E-state index in [4.69, 9.17) is 10.0 Å². The van der Waals surface area contributed by atoms with Crippen LogP contribution in [0.3, 0.4) is 0 Å². The summed E-state index contributed by atoms with van der Waals surface area (Å²) in [6.07, 6.45) is 0. The molecule has 0 amide bonds. The lowest BCUT2D eigenvalue weighted by Crippen LogP contribution is -2.26. The normalized spacial score (nSPS) is 10.3. The Labute approximate surface area is 84.3 Å². The maximum atomic E-state index is 8.90. The molecule has 2 aromatic rings. The molecule has 0 fully saturated rings. The minimum atomic E-state index is -1.35. The SMILES string of the molecule is OB(O)c1ccc(-c2cccs2)s1. The van der Waals surface area contributed by atoms with Gasteiger partial charge in [0.05, 0.1) is 0 Å². The van der Waals surface area contributed by atoms with E-state index < -0.39 is 7.12 Å². The summed E-state index contributed by atoms with van der Waals surface area (Å²) in [5.41, 5.74) is 0. The van der Waals surface area contributed by atoms with Gasteiger partial charge in [0.15, 0.2) is 0 Å². The third-order valence-electron chi connectivity index (χ3n) is 1.65. The van der Waals surface area contributed by atoms with Crippen LogP contribution in [-0.4, -0.2) is 17.2 Å². The Morgan fingerprint density at radius 2 is 1.92 bits per heavy atom. The highest BCUT2D eigenvalue weighted by Crippen LogP contribution is 2.27. The molecule has 66 valence electrons. The van der Waals surface area contributed by atoms with Gasteiger partial charge in [-0.1, -0.05) is 12.1 Å². The summed E-state index contributed by atoms with van der Waals surface area (Å²) < 4.78 is 0.586. The van der Waals surface area contributed by atoms with E-state index in [9.17, 15) is 0 Å². The Morgan fingerprint density at radius 1 is 1.08 bits per heavy atom. The predicted octanol–water partition coefficient (Wildman–Crippen LogP) is 1.16. The average Bonchev–Trinajstić information content (AvgIpc) is 2.75. The summed E-state index contributed by atoms with van der Waals surface area (Å²) in [7, 11) is -1.35. The second-order valence-electron chi connectivity index (χ2n) is 2.55. The lowest BCUT2D eigenvalue weighted by atomic mass is 9.90. The van der Waals surface area contributed by atoms with Crippen molar-refractivity contribution < 1.29 is 10.0 Å². The van der Waals surface area contributed by atoms with E-state index in [0.717, 1.165) is 9.75 Å². The van der Waals surface area contributed by atoms with Crippen molar-refractivity contribution in [3.63, 3.8) is 0 Å². The van der Waals surface area contributed by atoms with Crippen LogP contribution in [0.1, 0.15) is 0 Å². The zero-order valence-corrected chi connectivity index (χ0v) is 8.31. The molecule has 0 bridgehead atoms. The Balaban J connectivity index is 2.33. The molecule has 2 N–H and O–H groups in total. The standard InChI is InChI=1S/C8H7BO2S2/c10-9(11)8-4-3-7(13-8)6-2-1-5-12-6/h1-5,10-11H. The zero-order valence-electron chi connectivity index (χ0n) is 6.68. The number of hydrogen-bond donors (Lipinski definition) is 2. The summed E-state index contributed by atoms with van der Waals surface area (Å²) in [5.74, 6) is 0. The predicted molar refractivity (Wildman–Crippen MR) is 57.5 cm³/mol. The van der Waals surface area contributed by atoms with Gasteiger partial charge in [-0.25, -0.2) is 0 Å². The second kappa shape index (κ2) is 3.63. The molecule has 0 aromatic carbocycles. The van der Waals surface area contributed by atoms with E-state index in [1.54, 1.807) is 17.4 Å². The Morgan fingerprint density at radius 3 is 2.46 bits per heavy atom. The highest BCUT2D eigenvalue weighted by Gasteiger charge is 2.14. The van der Waals surface area contributed by atoms with Gasteiger partial charge < -0.3 is 10.0 Å². The number of thiophene rings is 2. The molecule has 13 heavy (non-hydrogen) atoms. The van der Waals surface area contributed by atoms with E-state index >= 15 is 0 Å². The Hall–Kier alpha value is -0.615. The minimum absolute atomic E-state index is 0.586. The summed E-state index contributed by atoms with van der Waals surface area (Å²) in [4.78, 5) is 2.25. The molecule has 2 nitrogen and oxygen atoms in total. The van der Waals surface area contributed by atoms with Crippen LogP contribution in [-0.2, 0) is 0 Å². The molecule has 0 spiro atoms. The second-order valence-corrected chi connectivity index (χ2v) is 4.62. The fourth-order valence-corrected chi connectivity index (χ4v) is 2.76. The molecule has 0 aliphatic rings. The molecule has 2 aromatic heterocycles. The van der Waals surface area contributed by atoms with Gasteiger partial charge in [-0.2, -0.15) is 0 Å². The molecule has 0 atom stereocenters. The molecule has 0 saturated heterocycles. The largest absolute Gasteiger partial charge is 0.499 e. The first-order valence-corrected chi connectivity index (χ1v) is 5.47. The van der Waals surface area contributed by atoms with Gasteiger partial charge in [0.25, 0.3) is 0 Å². The quantitative estimate of drug-likeness (QED) is 0.730. The summed E-state index contributed by atoms with van der Waals surface area (Å²) in [6, 6.07) is 7.65. The van der Waals surface area contributed by atoms with Gasteiger partial charge in [-0.15, -0.1) is 22.7 Å². The maximum absolute atomic E-state index is 8.90. The molecule has 2 rings (SSSR count). The van der Waals surface area contributed by atoms with Gasteiger partial charge in [0.1, 0.15) is 0 Å². The molecular formula is C8H7BO2S2. The van der Waals surface area contributed by atoms with Gasteiger partial charge in [0, 0.05) is 14.5 Å². The molecule has 0 radical (unpaired) electrons. The van der Waals surface area contributed by atoms with Crippen molar-refractivity contribution in [1.29, 1.82) is 0 Å². The van der Waals surface area contributed by atoms with Crippen LogP contribution in [0.25, 0.3) is 9.75 Å². The Bertz CT molecular complexity index is 381. The molecule has 0 saturated carbocycles. The summed E-state index contributed by atoms with van der Waals surface area (Å²) >= 11 is 3.06. The smallest absolute Gasteiger partial charge is 0.423 e. The first kappa shape index (κ1) is 8.96. The molecule has 2 heterocycles. The van der Waals surface area contributed by atoms with Crippen molar-refractivity contribution in [2.75, 3.05) is 0 Å². The molecule has 0 aliphatic heterocycles. The highest BCUT2D eigenvalue weighted by atomic mass is 32.1. The van der Waals surface area contributed by atoms with Crippen LogP contribution >= 0.6 is 22.7 Å². The van der Waals surface area contributed by atoms with Crippen molar-refractivity contribution in [2.45, 2.75) is 0 Å². The van der Waals surface area contributed by atoms with Crippen molar-refractivity contribution in [3.05, 3.63) is 29.6 Å². The molecular weight excluding hydrogens is 203 g/mol. The fraction of sp³-hybridized carbons (Fsp3) is 0. The first-order chi connectivity index (χ1) is 6.27. The van der Waals surface area contributed by atoms with E-state index in [2.05, 4.69) is 0 Å². The van der Waals surface area contributed by atoms with Crippen LogP contribution in [0.4, 0.5) is 0 Å². The third-order valence-corrected chi connectivity index (χ3v) is 3.84. The van der Waals surface area contributed by atoms with Crippen LogP contribution in [0.2, 0.25) is 0 Å². The molecule has 5 heteroatoms. The van der Waals surface area contributed by atoms with E-state index in [-0.39, 0.29) is 0 Å². The van der Waals surface area contributed by atoms with Gasteiger partial charge >= 0.3 is 7.12 Å². The fourth-order valence-electron chi connectivity index (χ4n) is 1.04. The highest BCUT2D eigenvalue weighted by molar-refractivity contribution is 7.27. The van der Waals surface area contributed by atoms with Gasteiger partial charge in [-0.3, -0.25) is 0 Å². The van der Waals surface area contributed by atoms with E-state index in [1.165, 1.54) is 11.3 Å². The van der Waals surface area contributed by atoms with Crippen LogP contribution < -0.4 is 4.78 Å². The topological polar surface area (TPSA) is 40.5 Å². The van der Waals surface area contributed by atoms with Crippen molar-refractivity contribution in [3.8, 4) is 9.75 Å². The number of hydrogen-bond acceptors (Lipinski definition) is 4. The van der Waals surface area contributed by atoms with Crippen LogP contribution in [0.5, 0.6) is 0 Å². The maximum Gasteiger partial charge on any atom is 0.499 e. The van der Waals surface area contributed by atoms with Crippen molar-refractivity contribution in [1.82, 2.24) is 0 Å². The summed E-state index contributed by atoms with van der Waals surface area (Å²) in [5, 5.41) is 19.8. The van der Waals surface area contributed by atoms with Crippen molar-refractivity contribution in [2.24, 2.45) is 0 Å². The van der Waals surface area contributed by atoms with E-state index in [1.807, 2.05) is 23.6 Å². The first-order valence-electron chi connectivity index (χ1n) is 3.77. The van der Waals surface area contributed by atoms with E-state index in [0.29, 0.717) is 4.78 Å². The third kappa shape index (κ3) is 1.83. The summed E-state index contributed by atoms with van der Waals surface area (Å²) in [6.45, 7) is 0. The average molecular weight is 210 g/mol.